The van der Waals surface area contributed by atoms with Crippen LogP contribution in [0.2, 0.25) is 0 Å². The molecule has 0 saturated carbocycles. The van der Waals surface area contributed by atoms with Gasteiger partial charge in [-0.25, -0.2) is 9.13 Å². The van der Waals surface area contributed by atoms with Crippen molar-refractivity contribution in [1.29, 1.82) is 0 Å². The van der Waals surface area contributed by atoms with Gasteiger partial charge in [-0.3, -0.25) is 0 Å². The van der Waals surface area contributed by atoms with Gasteiger partial charge >= 0.3 is 53.4 Å². The Morgan fingerprint density at radius 2 is 0.714 bits per heavy atom. The third-order valence-corrected chi connectivity index (χ3v) is 0. The molecule has 14 heteroatoms. The van der Waals surface area contributed by atoms with Crippen molar-refractivity contribution >= 4 is 15.6 Å². The van der Waals surface area contributed by atoms with Gasteiger partial charge in [0.2, 0.25) is 0 Å². The van der Waals surface area contributed by atoms with Crippen molar-refractivity contribution in [2.75, 3.05) is 0 Å². The smallest absolute Gasteiger partial charge is 1.00 e. The predicted molar refractivity (Wildman–Crippen MR) is 30.7 cm³/mol. The van der Waals surface area contributed by atoms with E-state index in [0.717, 1.165) is 0 Å². The van der Waals surface area contributed by atoms with Crippen LogP contribution in [0.25, 0.3) is 0 Å². The maximum atomic E-state index is 8.88. The van der Waals surface area contributed by atoms with Gasteiger partial charge in [0.15, 0.2) is 0 Å². The number of hydrogen-bond donors (Lipinski definition) is 6. The van der Waals surface area contributed by atoms with Gasteiger partial charge in [-0.15, -0.1) is 0 Å². The molecular formula is H8CoLi2O8P2V. The summed E-state index contributed by atoms with van der Waals surface area (Å²) in [6.45, 7) is 0. The number of phosphoric acid groups is 2. The topological polar surface area (TPSA) is 156 Å². The molecule has 0 aromatic carbocycles. The van der Waals surface area contributed by atoms with Crippen LogP contribution in [-0.4, -0.2) is 29.4 Å². The van der Waals surface area contributed by atoms with E-state index in [0.29, 0.717) is 0 Å². The van der Waals surface area contributed by atoms with Crippen molar-refractivity contribution in [3.63, 3.8) is 0 Å². The van der Waals surface area contributed by atoms with E-state index in [-0.39, 0.29) is 75.9 Å². The molecule has 0 spiro atoms. The second kappa shape index (κ2) is 15.5. The standard InChI is InChI=1S/Co.2Li.2H3O4P.V.2H/c;;;2*1-5(2,3)4;;;/h;;;2*(H3,1,2,3,4);;;/q;2*+1;;;;2*-1. The van der Waals surface area contributed by atoms with Gasteiger partial charge in [-0.1, -0.05) is 0 Å². The Hall–Kier alpha value is 2.51. The molecular weight excluding hydrogens is 314 g/mol. The first-order valence-corrected chi connectivity index (χ1v) is 4.70. The van der Waals surface area contributed by atoms with Gasteiger partial charge in [0, 0.05) is 35.3 Å². The van der Waals surface area contributed by atoms with E-state index < -0.39 is 15.6 Å². The predicted octanol–water partition coefficient (Wildman–Crippen LogP) is -7.63. The maximum Gasteiger partial charge on any atom is 1.00 e. The summed E-state index contributed by atoms with van der Waals surface area (Å²) in [6.07, 6.45) is 0. The number of rotatable bonds is 0. The molecule has 0 aliphatic heterocycles. The Balaban J connectivity index is -0.00000000970. The summed E-state index contributed by atoms with van der Waals surface area (Å²) in [4.78, 5) is 43.1. The van der Waals surface area contributed by atoms with E-state index in [1.165, 1.54) is 0 Å². The zero-order valence-corrected chi connectivity index (χ0v) is 11.4. The van der Waals surface area contributed by atoms with Gasteiger partial charge in [0.05, 0.1) is 0 Å². The molecule has 14 heavy (non-hydrogen) atoms. The van der Waals surface area contributed by atoms with Crippen molar-refractivity contribution in [3.05, 3.63) is 0 Å². The van der Waals surface area contributed by atoms with Crippen molar-refractivity contribution < 1.29 is 114 Å². The molecule has 0 aliphatic rings. The fourth-order valence-electron chi connectivity index (χ4n) is 0. The summed E-state index contributed by atoms with van der Waals surface area (Å²) < 4.78 is 17.8. The Morgan fingerprint density at radius 1 is 0.714 bits per heavy atom. The third kappa shape index (κ3) is 421. The molecule has 0 aliphatic carbocycles. The minimum Gasteiger partial charge on any atom is -1.00 e. The molecule has 0 fully saturated rings. The molecule has 82 valence electrons. The van der Waals surface area contributed by atoms with Gasteiger partial charge in [0.1, 0.15) is 0 Å². The van der Waals surface area contributed by atoms with E-state index in [9.17, 15) is 0 Å². The van der Waals surface area contributed by atoms with E-state index in [4.69, 9.17) is 38.5 Å². The molecule has 0 saturated heterocycles. The molecule has 0 aromatic rings. The minimum atomic E-state index is -4.64. The molecule has 0 bridgehead atoms. The monoisotopic (exact) mass is 322 g/mol. The van der Waals surface area contributed by atoms with Crippen LogP contribution in [0, 0.1) is 0 Å². The Kier molecular flexibility index (Phi) is 39.8. The summed E-state index contributed by atoms with van der Waals surface area (Å²) in [6, 6.07) is 0. The fraction of sp³-hybridized carbons (Fsp3) is 0. The molecule has 0 atom stereocenters. The Bertz CT molecular complexity index is 146. The summed E-state index contributed by atoms with van der Waals surface area (Å²) in [5.41, 5.74) is 0. The van der Waals surface area contributed by atoms with E-state index >= 15 is 0 Å². The van der Waals surface area contributed by atoms with Crippen molar-refractivity contribution in [2.45, 2.75) is 0 Å². The molecule has 6 N–H and O–H groups in total. The third-order valence-electron chi connectivity index (χ3n) is 0. The quantitative estimate of drug-likeness (QED) is 0.190. The molecule has 2 radical (unpaired) electrons. The van der Waals surface area contributed by atoms with Crippen LogP contribution in [0.3, 0.4) is 0 Å². The molecule has 0 heterocycles. The van der Waals surface area contributed by atoms with Gasteiger partial charge in [-0.2, -0.15) is 0 Å². The summed E-state index contributed by atoms with van der Waals surface area (Å²) in [7, 11) is -9.28. The first-order valence-electron chi connectivity index (χ1n) is 1.57. The van der Waals surface area contributed by atoms with Gasteiger partial charge in [0.25, 0.3) is 0 Å². The van der Waals surface area contributed by atoms with Gasteiger partial charge < -0.3 is 32.2 Å². The molecule has 0 amide bonds. The average molecular weight is 322 g/mol. The van der Waals surface area contributed by atoms with Crippen LogP contribution in [0.15, 0.2) is 0 Å². The van der Waals surface area contributed by atoms with E-state index in [2.05, 4.69) is 0 Å². The average Bonchev–Trinajstić information content (AvgIpc) is 1.12. The minimum absolute atomic E-state index is 0. The molecule has 0 rings (SSSR count). The summed E-state index contributed by atoms with van der Waals surface area (Å²) in [5.74, 6) is 0. The van der Waals surface area contributed by atoms with Crippen LogP contribution in [0.4, 0.5) is 0 Å². The first-order chi connectivity index (χ1) is 4.00. The fourth-order valence-corrected chi connectivity index (χ4v) is 0. The van der Waals surface area contributed by atoms with Crippen LogP contribution in [0.1, 0.15) is 2.85 Å². The van der Waals surface area contributed by atoms with Crippen molar-refractivity contribution in [1.82, 2.24) is 0 Å². The second-order valence-electron chi connectivity index (χ2n) is 1.03. The normalized spacial score (nSPS) is 8.43. The van der Waals surface area contributed by atoms with Crippen LogP contribution in [-0.2, 0) is 44.5 Å². The van der Waals surface area contributed by atoms with Crippen molar-refractivity contribution in [3.8, 4) is 0 Å². The number of hydrogen-bond acceptors (Lipinski definition) is 2. The molecule has 8 nitrogen and oxygen atoms in total. The Labute approximate surface area is 129 Å². The zero-order chi connectivity index (χ0) is 9.00. The van der Waals surface area contributed by atoms with Gasteiger partial charge in [-0.05, 0) is 0 Å². The maximum absolute atomic E-state index is 8.88. The molecule has 0 unspecified atom stereocenters. The largest absolute Gasteiger partial charge is 1.00 e. The molecule has 0 aromatic heterocycles. The first kappa shape index (κ1) is 36.0. The van der Waals surface area contributed by atoms with E-state index in [1.54, 1.807) is 0 Å². The summed E-state index contributed by atoms with van der Waals surface area (Å²) in [5, 5.41) is 0. The zero-order valence-electron chi connectivity index (χ0n) is 9.17. The Morgan fingerprint density at radius 3 is 0.714 bits per heavy atom. The van der Waals surface area contributed by atoms with Crippen LogP contribution in [0.5, 0.6) is 0 Å². The van der Waals surface area contributed by atoms with E-state index in [1.807, 2.05) is 0 Å². The summed E-state index contributed by atoms with van der Waals surface area (Å²) >= 11 is 0. The van der Waals surface area contributed by atoms with Crippen LogP contribution < -0.4 is 37.7 Å². The SMILES string of the molecule is O=P(O)(O)O.O=P(O)(O)O.[Co].[H-].[H-].[Li+].[Li+].[V]. The van der Waals surface area contributed by atoms with Crippen molar-refractivity contribution in [2.24, 2.45) is 0 Å². The van der Waals surface area contributed by atoms with Crippen LogP contribution >= 0.6 is 15.6 Å². The second-order valence-corrected chi connectivity index (χ2v) is 3.08.